The number of fused-ring (bicyclic) bond motifs is 1. The van der Waals surface area contributed by atoms with Crippen LogP contribution in [-0.4, -0.2) is 30.7 Å². The summed E-state index contributed by atoms with van der Waals surface area (Å²) in [6.45, 7) is 1.41. The van der Waals surface area contributed by atoms with Crippen molar-refractivity contribution in [2.75, 3.05) is 6.26 Å². The Morgan fingerprint density at radius 2 is 2.00 bits per heavy atom. The summed E-state index contributed by atoms with van der Waals surface area (Å²) < 4.78 is 22.9. The molecule has 0 amide bonds. The number of sulfone groups is 1. The highest BCUT2D eigenvalue weighted by molar-refractivity contribution is 7.92. The predicted molar refractivity (Wildman–Crippen MR) is 70.4 cm³/mol. The van der Waals surface area contributed by atoms with Crippen LogP contribution in [0.25, 0.3) is 10.8 Å². The van der Waals surface area contributed by atoms with Crippen LogP contribution >= 0.6 is 0 Å². The van der Waals surface area contributed by atoms with E-state index in [-0.39, 0.29) is 0 Å². The molecule has 0 saturated heterocycles. The maximum Gasteiger partial charge on any atom is 0.181 e. The van der Waals surface area contributed by atoms with Crippen LogP contribution in [-0.2, 0) is 9.84 Å². The molecule has 94 valence electrons. The Hall–Kier alpha value is -1.75. The molecule has 2 aromatic rings. The van der Waals surface area contributed by atoms with Crippen LogP contribution in [0.15, 0.2) is 36.7 Å². The number of aromatic nitrogens is 1. The first kappa shape index (κ1) is 12.7. The van der Waals surface area contributed by atoms with Crippen molar-refractivity contribution in [1.82, 2.24) is 4.98 Å². The highest BCUT2D eigenvalue weighted by Gasteiger charge is 2.25. The number of carbonyl (C=O) groups is 1. The van der Waals surface area contributed by atoms with Crippen molar-refractivity contribution in [3.05, 3.63) is 42.2 Å². The lowest BCUT2D eigenvalue weighted by Gasteiger charge is -2.10. The van der Waals surface area contributed by atoms with Gasteiger partial charge in [-0.25, -0.2) is 8.42 Å². The van der Waals surface area contributed by atoms with E-state index in [0.29, 0.717) is 10.9 Å². The lowest BCUT2D eigenvalue weighted by molar-refractivity contribution is 0.0993. The molecule has 1 aromatic heterocycles. The van der Waals surface area contributed by atoms with E-state index in [1.54, 1.807) is 30.6 Å². The predicted octanol–water partition coefficient (Wildman–Crippen LogP) is 1.85. The van der Waals surface area contributed by atoms with E-state index < -0.39 is 20.9 Å². The zero-order valence-electron chi connectivity index (χ0n) is 10.1. The summed E-state index contributed by atoms with van der Waals surface area (Å²) in [5.74, 6) is -0.392. The molecule has 0 fully saturated rings. The van der Waals surface area contributed by atoms with Crippen LogP contribution in [0.4, 0.5) is 0 Å². The van der Waals surface area contributed by atoms with Gasteiger partial charge >= 0.3 is 0 Å². The Balaban J connectivity index is 2.59. The monoisotopic (exact) mass is 263 g/mol. The smallest absolute Gasteiger partial charge is 0.181 e. The quantitative estimate of drug-likeness (QED) is 0.793. The molecule has 4 nitrogen and oxygen atoms in total. The average Bonchev–Trinajstić information content (AvgIpc) is 2.35. The fraction of sp³-hybridized carbons (Fsp3) is 0.231. The largest absolute Gasteiger partial charge is 0.293 e. The van der Waals surface area contributed by atoms with Gasteiger partial charge in [0, 0.05) is 29.6 Å². The van der Waals surface area contributed by atoms with Crippen molar-refractivity contribution >= 4 is 26.4 Å². The third kappa shape index (κ3) is 2.26. The van der Waals surface area contributed by atoms with E-state index in [2.05, 4.69) is 4.98 Å². The van der Waals surface area contributed by atoms with E-state index in [9.17, 15) is 13.2 Å². The molecule has 1 unspecified atom stereocenters. The Bertz CT molecular complexity index is 702. The van der Waals surface area contributed by atoms with Gasteiger partial charge in [0.05, 0.1) is 0 Å². The topological polar surface area (TPSA) is 64.1 Å². The van der Waals surface area contributed by atoms with Crippen molar-refractivity contribution in [2.24, 2.45) is 0 Å². The number of Topliss-reactive ketones (excluding diaryl/α,β-unsaturated/α-hetero) is 1. The molecule has 18 heavy (non-hydrogen) atoms. The molecule has 2 rings (SSSR count). The standard InChI is InChI=1S/C13H13NO3S/c1-9(18(2,16)17)13(15)11-5-3-4-10-6-7-14-8-12(10)11/h3-9H,1-2H3. The maximum atomic E-state index is 12.2. The second-order valence-electron chi connectivity index (χ2n) is 4.24. The fourth-order valence-electron chi connectivity index (χ4n) is 1.74. The van der Waals surface area contributed by atoms with Gasteiger partial charge in [0.15, 0.2) is 15.6 Å². The minimum atomic E-state index is -3.39. The number of benzene rings is 1. The van der Waals surface area contributed by atoms with E-state index in [1.807, 2.05) is 6.07 Å². The fourth-order valence-corrected chi connectivity index (χ4v) is 2.26. The van der Waals surface area contributed by atoms with Crippen molar-refractivity contribution in [2.45, 2.75) is 12.2 Å². The number of carbonyl (C=O) groups excluding carboxylic acids is 1. The number of pyridine rings is 1. The van der Waals surface area contributed by atoms with Gasteiger partial charge in [0.2, 0.25) is 0 Å². The lowest BCUT2D eigenvalue weighted by Crippen LogP contribution is -2.26. The van der Waals surface area contributed by atoms with Crippen LogP contribution in [0.1, 0.15) is 17.3 Å². The summed E-state index contributed by atoms with van der Waals surface area (Å²) in [7, 11) is -3.39. The molecule has 0 aliphatic carbocycles. The summed E-state index contributed by atoms with van der Waals surface area (Å²) in [4.78, 5) is 16.2. The normalized spacial score (nSPS) is 13.4. The van der Waals surface area contributed by atoms with Crippen LogP contribution in [0.2, 0.25) is 0 Å². The molecular weight excluding hydrogens is 250 g/mol. The minimum Gasteiger partial charge on any atom is -0.293 e. The van der Waals surface area contributed by atoms with Crippen molar-refractivity contribution in [3.63, 3.8) is 0 Å². The van der Waals surface area contributed by atoms with E-state index >= 15 is 0 Å². The number of ketones is 1. The van der Waals surface area contributed by atoms with Gasteiger partial charge in [-0.2, -0.15) is 0 Å². The molecule has 0 aliphatic rings. The molecule has 1 aromatic carbocycles. The summed E-state index contributed by atoms with van der Waals surface area (Å²) in [6.07, 6.45) is 4.28. The van der Waals surface area contributed by atoms with Gasteiger partial charge in [0.1, 0.15) is 5.25 Å². The maximum absolute atomic E-state index is 12.2. The molecule has 0 bridgehead atoms. The van der Waals surface area contributed by atoms with Crippen LogP contribution in [0.3, 0.4) is 0 Å². The molecule has 0 aliphatic heterocycles. The molecule has 1 atom stereocenters. The van der Waals surface area contributed by atoms with Gasteiger partial charge in [-0.05, 0) is 18.4 Å². The summed E-state index contributed by atoms with van der Waals surface area (Å²) in [6, 6.07) is 7.02. The number of nitrogens with zero attached hydrogens (tertiary/aromatic N) is 1. The molecule has 0 radical (unpaired) electrons. The SMILES string of the molecule is CC(C(=O)c1cccc2ccncc12)S(C)(=O)=O. The average molecular weight is 263 g/mol. The van der Waals surface area contributed by atoms with Crippen LogP contribution in [0, 0.1) is 0 Å². The summed E-state index contributed by atoms with van der Waals surface area (Å²) in [5.41, 5.74) is 0.401. The molecule has 0 saturated carbocycles. The first-order chi connectivity index (χ1) is 8.41. The van der Waals surface area contributed by atoms with Crippen LogP contribution < -0.4 is 0 Å². The molecule has 0 spiro atoms. The Morgan fingerprint density at radius 3 is 2.67 bits per heavy atom. The molecular formula is C13H13NO3S. The second-order valence-corrected chi connectivity index (χ2v) is 6.60. The third-order valence-electron chi connectivity index (χ3n) is 2.96. The summed E-state index contributed by atoms with van der Waals surface area (Å²) >= 11 is 0. The van der Waals surface area contributed by atoms with Gasteiger partial charge in [-0.1, -0.05) is 18.2 Å². The lowest BCUT2D eigenvalue weighted by atomic mass is 10.0. The highest BCUT2D eigenvalue weighted by Crippen LogP contribution is 2.20. The number of hydrogen-bond donors (Lipinski definition) is 0. The Labute approximate surface area is 106 Å². The zero-order valence-corrected chi connectivity index (χ0v) is 10.9. The Kier molecular flexibility index (Phi) is 3.17. The number of hydrogen-bond acceptors (Lipinski definition) is 4. The van der Waals surface area contributed by atoms with E-state index in [4.69, 9.17) is 0 Å². The first-order valence-electron chi connectivity index (χ1n) is 5.47. The number of rotatable bonds is 3. The van der Waals surface area contributed by atoms with E-state index in [0.717, 1.165) is 11.6 Å². The van der Waals surface area contributed by atoms with Gasteiger partial charge < -0.3 is 0 Å². The third-order valence-corrected chi connectivity index (χ3v) is 4.46. The molecule has 1 heterocycles. The van der Waals surface area contributed by atoms with Crippen molar-refractivity contribution < 1.29 is 13.2 Å². The van der Waals surface area contributed by atoms with E-state index in [1.165, 1.54) is 6.92 Å². The minimum absolute atomic E-state index is 0.392. The van der Waals surface area contributed by atoms with Gasteiger partial charge in [-0.3, -0.25) is 9.78 Å². The van der Waals surface area contributed by atoms with Gasteiger partial charge in [0.25, 0.3) is 0 Å². The second kappa shape index (κ2) is 4.49. The van der Waals surface area contributed by atoms with Crippen LogP contribution in [0.5, 0.6) is 0 Å². The Morgan fingerprint density at radius 1 is 1.28 bits per heavy atom. The van der Waals surface area contributed by atoms with Crippen molar-refractivity contribution in [1.29, 1.82) is 0 Å². The van der Waals surface area contributed by atoms with Crippen molar-refractivity contribution in [3.8, 4) is 0 Å². The molecule has 5 heteroatoms. The first-order valence-corrected chi connectivity index (χ1v) is 7.42. The highest BCUT2D eigenvalue weighted by atomic mass is 32.2. The zero-order chi connectivity index (χ0) is 13.3. The van der Waals surface area contributed by atoms with Gasteiger partial charge in [-0.15, -0.1) is 0 Å². The summed E-state index contributed by atoms with van der Waals surface area (Å²) in [5, 5.41) is 0.514. The molecule has 0 N–H and O–H groups in total.